The van der Waals surface area contributed by atoms with Crippen LogP contribution < -0.4 is 0 Å². The number of aliphatic hydroxyl groups excluding tert-OH is 2. The average molecular weight is 393 g/mol. The SMILES string of the molecule is CC(CCC(=O)O)[C@H]1CC[C@H]2[C@@H]3[C@@H](O)C[C@@H]4C[C@@H](O)CC[C@]4(C)[C@H]3CC[C@]12C. The molecule has 4 fully saturated rings. The van der Waals surface area contributed by atoms with Gasteiger partial charge in [0.2, 0.25) is 0 Å². The molecule has 4 nitrogen and oxygen atoms in total. The Morgan fingerprint density at radius 3 is 2.39 bits per heavy atom. The minimum Gasteiger partial charge on any atom is -0.481 e. The van der Waals surface area contributed by atoms with E-state index in [9.17, 15) is 15.0 Å². The number of fused-ring (bicyclic) bond motifs is 5. The molecule has 4 aliphatic rings. The summed E-state index contributed by atoms with van der Waals surface area (Å²) in [5.74, 6) is 2.36. The van der Waals surface area contributed by atoms with E-state index in [-0.39, 0.29) is 29.5 Å². The maximum atomic E-state index is 11.2. The molecule has 4 rings (SSSR count). The Bertz CT molecular complexity index is 605. The topological polar surface area (TPSA) is 77.8 Å². The van der Waals surface area contributed by atoms with Gasteiger partial charge in [0.1, 0.15) is 0 Å². The fourth-order valence-corrected chi connectivity index (χ4v) is 8.73. The summed E-state index contributed by atoms with van der Waals surface area (Å²) in [5, 5.41) is 30.5. The first-order chi connectivity index (χ1) is 13.2. The highest BCUT2D eigenvalue weighted by molar-refractivity contribution is 5.66. The van der Waals surface area contributed by atoms with Gasteiger partial charge in [0.05, 0.1) is 12.2 Å². The number of aliphatic hydroxyl groups is 2. The lowest BCUT2D eigenvalue weighted by Crippen LogP contribution is -2.58. The molecule has 4 heteroatoms. The van der Waals surface area contributed by atoms with Crippen molar-refractivity contribution >= 4 is 5.97 Å². The number of carboxylic acids is 1. The highest BCUT2D eigenvalue weighted by Crippen LogP contribution is 2.68. The van der Waals surface area contributed by atoms with Crippen molar-refractivity contribution in [2.45, 2.75) is 97.2 Å². The van der Waals surface area contributed by atoms with Crippen LogP contribution in [0.15, 0.2) is 0 Å². The van der Waals surface area contributed by atoms with Crippen LogP contribution in [0.4, 0.5) is 0 Å². The van der Waals surface area contributed by atoms with E-state index in [1.165, 1.54) is 25.7 Å². The van der Waals surface area contributed by atoms with Crippen LogP contribution in [0.25, 0.3) is 0 Å². The molecule has 10 atom stereocenters. The molecular formula is C24H40O4. The summed E-state index contributed by atoms with van der Waals surface area (Å²) in [6.07, 6.45) is 9.19. The van der Waals surface area contributed by atoms with Gasteiger partial charge in [-0.1, -0.05) is 20.8 Å². The van der Waals surface area contributed by atoms with Crippen molar-refractivity contribution in [1.82, 2.24) is 0 Å². The molecule has 0 aliphatic heterocycles. The van der Waals surface area contributed by atoms with Gasteiger partial charge in [-0.15, -0.1) is 0 Å². The summed E-state index contributed by atoms with van der Waals surface area (Å²) in [6, 6.07) is 0. The third kappa shape index (κ3) is 3.14. The monoisotopic (exact) mass is 392 g/mol. The van der Waals surface area contributed by atoms with Crippen LogP contribution in [0.3, 0.4) is 0 Å². The standard InChI is InChI=1S/C24H40O4/c1-14(4-7-21(27)28)17-5-6-18-22-19(9-11-24(17,18)3)23(2)10-8-16(25)12-15(23)13-20(22)26/h14-20,22,25-26H,4-13H2,1-3H3,(H,27,28)/t14?,15-,16-,17+,18-,19-,20-,22-,23-,24+/m0/s1. The first-order valence-corrected chi connectivity index (χ1v) is 11.7. The van der Waals surface area contributed by atoms with E-state index in [0.717, 1.165) is 32.1 Å². The average Bonchev–Trinajstić information content (AvgIpc) is 2.98. The summed E-state index contributed by atoms with van der Waals surface area (Å²) >= 11 is 0. The number of carbonyl (C=O) groups is 1. The number of aliphatic carboxylic acids is 1. The van der Waals surface area contributed by atoms with Crippen molar-refractivity contribution < 1.29 is 20.1 Å². The van der Waals surface area contributed by atoms with Gasteiger partial charge in [0.25, 0.3) is 0 Å². The lowest BCUT2D eigenvalue weighted by atomic mass is 9.43. The lowest BCUT2D eigenvalue weighted by Gasteiger charge is -2.62. The fourth-order valence-electron chi connectivity index (χ4n) is 8.73. The number of carboxylic acid groups (broad SMARTS) is 1. The first kappa shape index (κ1) is 20.7. The maximum absolute atomic E-state index is 11.2. The second-order valence-corrected chi connectivity index (χ2v) is 11.4. The first-order valence-electron chi connectivity index (χ1n) is 11.7. The normalized spacial score (nSPS) is 51.7. The Morgan fingerprint density at radius 1 is 1.00 bits per heavy atom. The van der Waals surface area contributed by atoms with E-state index in [4.69, 9.17) is 5.11 Å². The van der Waals surface area contributed by atoms with Crippen LogP contribution in [0.5, 0.6) is 0 Å². The van der Waals surface area contributed by atoms with Crippen molar-refractivity contribution in [3.05, 3.63) is 0 Å². The maximum Gasteiger partial charge on any atom is 0.303 e. The van der Waals surface area contributed by atoms with Crippen LogP contribution in [0.1, 0.15) is 85.0 Å². The molecule has 0 amide bonds. The molecule has 1 unspecified atom stereocenters. The van der Waals surface area contributed by atoms with E-state index < -0.39 is 5.97 Å². The Hall–Kier alpha value is -0.610. The van der Waals surface area contributed by atoms with Crippen molar-refractivity contribution in [2.24, 2.45) is 46.3 Å². The lowest BCUT2D eigenvalue weighted by molar-refractivity contribution is -0.174. The van der Waals surface area contributed by atoms with Gasteiger partial charge >= 0.3 is 5.97 Å². The summed E-state index contributed by atoms with van der Waals surface area (Å²) in [6.45, 7) is 7.16. The number of hydrogen-bond donors (Lipinski definition) is 3. The summed E-state index contributed by atoms with van der Waals surface area (Å²) in [7, 11) is 0. The third-order valence-electron chi connectivity index (χ3n) is 10.2. The predicted octanol–water partition coefficient (Wildman–Crippen LogP) is 4.48. The van der Waals surface area contributed by atoms with E-state index in [1.54, 1.807) is 0 Å². The molecule has 0 aromatic heterocycles. The Balaban J connectivity index is 1.55. The molecule has 0 aromatic carbocycles. The molecule has 4 saturated carbocycles. The molecule has 4 aliphatic carbocycles. The largest absolute Gasteiger partial charge is 0.481 e. The van der Waals surface area contributed by atoms with Gasteiger partial charge in [-0.05, 0) is 104 Å². The van der Waals surface area contributed by atoms with Crippen molar-refractivity contribution in [2.75, 3.05) is 0 Å². The van der Waals surface area contributed by atoms with Gasteiger partial charge in [-0.2, -0.15) is 0 Å². The van der Waals surface area contributed by atoms with Crippen molar-refractivity contribution in [3.8, 4) is 0 Å². The summed E-state index contributed by atoms with van der Waals surface area (Å²) < 4.78 is 0. The van der Waals surface area contributed by atoms with Crippen LogP contribution in [0, 0.1) is 46.3 Å². The highest BCUT2D eigenvalue weighted by Gasteiger charge is 2.62. The number of rotatable bonds is 4. The van der Waals surface area contributed by atoms with Crippen molar-refractivity contribution in [1.29, 1.82) is 0 Å². The van der Waals surface area contributed by atoms with E-state index >= 15 is 0 Å². The Labute approximate surface area is 170 Å². The molecule has 0 saturated heterocycles. The molecule has 0 radical (unpaired) electrons. The van der Waals surface area contributed by atoms with Gasteiger partial charge in [-0.3, -0.25) is 4.79 Å². The quantitative estimate of drug-likeness (QED) is 0.659. The minimum atomic E-state index is -0.684. The van der Waals surface area contributed by atoms with Gasteiger partial charge in [0, 0.05) is 6.42 Å². The molecule has 0 bridgehead atoms. The van der Waals surface area contributed by atoms with Crippen LogP contribution >= 0.6 is 0 Å². The molecule has 28 heavy (non-hydrogen) atoms. The van der Waals surface area contributed by atoms with E-state index in [2.05, 4.69) is 20.8 Å². The molecule has 0 spiro atoms. The fraction of sp³-hybridized carbons (Fsp3) is 0.958. The van der Waals surface area contributed by atoms with E-state index in [1.807, 2.05) is 0 Å². The van der Waals surface area contributed by atoms with Gasteiger partial charge < -0.3 is 15.3 Å². The highest BCUT2D eigenvalue weighted by atomic mass is 16.4. The minimum absolute atomic E-state index is 0.179. The predicted molar refractivity (Wildman–Crippen MR) is 109 cm³/mol. The Morgan fingerprint density at radius 2 is 1.68 bits per heavy atom. The second kappa shape index (κ2) is 7.27. The zero-order valence-electron chi connectivity index (χ0n) is 17.9. The molecular weight excluding hydrogens is 352 g/mol. The number of hydrogen-bond acceptors (Lipinski definition) is 3. The van der Waals surface area contributed by atoms with Gasteiger partial charge in [-0.25, -0.2) is 0 Å². The van der Waals surface area contributed by atoms with Crippen LogP contribution in [-0.2, 0) is 4.79 Å². The van der Waals surface area contributed by atoms with Crippen molar-refractivity contribution in [3.63, 3.8) is 0 Å². The second-order valence-electron chi connectivity index (χ2n) is 11.4. The summed E-state index contributed by atoms with van der Waals surface area (Å²) in [4.78, 5) is 11.1. The third-order valence-corrected chi connectivity index (χ3v) is 10.2. The molecule has 0 aromatic rings. The zero-order valence-corrected chi connectivity index (χ0v) is 17.9. The summed E-state index contributed by atoms with van der Waals surface area (Å²) in [5.41, 5.74) is 0.523. The zero-order chi connectivity index (χ0) is 20.3. The molecule has 160 valence electrons. The molecule has 3 N–H and O–H groups in total. The molecule has 0 heterocycles. The van der Waals surface area contributed by atoms with E-state index in [0.29, 0.717) is 35.5 Å². The Kier molecular flexibility index (Phi) is 5.36. The van der Waals surface area contributed by atoms with Gasteiger partial charge in [0.15, 0.2) is 0 Å². The van der Waals surface area contributed by atoms with Crippen LogP contribution in [0.2, 0.25) is 0 Å². The van der Waals surface area contributed by atoms with Crippen LogP contribution in [-0.4, -0.2) is 33.5 Å². The smallest absolute Gasteiger partial charge is 0.303 e.